The van der Waals surface area contributed by atoms with E-state index in [0.717, 1.165) is 27.4 Å². The first-order valence-corrected chi connectivity index (χ1v) is 8.08. The van der Waals surface area contributed by atoms with Crippen molar-refractivity contribution in [3.05, 3.63) is 63.1 Å². The highest BCUT2D eigenvalue weighted by molar-refractivity contribution is 9.10. The van der Waals surface area contributed by atoms with E-state index in [-0.39, 0.29) is 6.04 Å². The minimum absolute atomic E-state index is 0.237. The molecule has 1 unspecified atom stereocenters. The Labute approximate surface area is 139 Å². The quantitative estimate of drug-likeness (QED) is 0.777. The second-order valence-corrected chi connectivity index (χ2v) is 6.46. The van der Waals surface area contributed by atoms with Gasteiger partial charge in [0, 0.05) is 22.1 Å². The molecule has 0 aliphatic heterocycles. The van der Waals surface area contributed by atoms with Gasteiger partial charge in [0.05, 0.1) is 0 Å². The van der Waals surface area contributed by atoms with Crippen LogP contribution in [-0.4, -0.2) is 12.6 Å². The molecule has 0 saturated carbocycles. The van der Waals surface area contributed by atoms with Gasteiger partial charge in [0.2, 0.25) is 0 Å². The third kappa shape index (κ3) is 5.34. The molecule has 112 valence electrons. The zero-order valence-electron chi connectivity index (χ0n) is 12.2. The maximum atomic E-state index is 6.18. The lowest BCUT2D eigenvalue weighted by Gasteiger charge is -2.16. The molecule has 0 aliphatic rings. The van der Waals surface area contributed by atoms with Crippen LogP contribution >= 0.6 is 27.5 Å². The average molecular weight is 369 g/mol. The lowest BCUT2D eigenvalue weighted by atomic mass is 10.2. The maximum Gasteiger partial charge on any atom is 0.119 e. The van der Waals surface area contributed by atoms with E-state index < -0.39 is 0 Å². The van der Waals surface area contributed by atoms with Gasteiger partial charge in [-0.1, -0.05) is 45.2 Å². The van der Waals surface area contributed by atoms with E-state index in [1.54, 1.807) is 0 Å². The minimum Gasteiger partial charge on any atom is -0.492 e. The fourth-order valence-electron chi connectivity index (χ4n) is 1.88. The molecule has 2 aromatic carbocycles. The average Bonchev–Trinajstić information content (AvgIpc) is 2.47. The zero-order valence-corrected chi connectivity index (χ0v) is 14.5. The summed E-state index contributed by atoms with van der Waals surface area (Å²) in [5.74, 6) is 0.898. The van der Waals surface area contributed by atoms with E-state index in [1.165, 1.54) is 5.56 Å². The molecule has 0 amide bonds. The maximum absolute atomic E-state index is 6.18. The molecule has 0 radical (unpaired) electrons. The number of hydrogen-bond acceptors (Lipinski definition) is 2. The summed E-state index contributed by atoms with van der Waals surface area (Å²) in [5, 5.41) is 4.19. The Bertz CT molecular complexity index is 586. The highest BCUT2D eigenvalue weighted by Crippen LogP contribution is 2.21. The van der Waals surface area contributed by atoms with Crippen molar-refractivity contribution >= 4 is 27.5 Å². The number of ether oxygens (including phenoxy) is 1. The van der Waals surface area contributed by atoms with Gasteiger partial charge >= 0.3 is 0 Å². The third-order valence-electron chi connectivity index (χ3n) is 3.17. The van der Waals surface area contributed by atoms with Gasteiger partial charge in [0.25, 0.3) is 0 Å². The predicted molar refractivity (Wildman–Crippen MR) is 92.1 cm³/mol. The summed E-state index contributed by atoms with van der Waals surface area (Å²) in [4.78, 5) is 0. The molecule has 2 rings (SSSR count). The van der Waals surface area contributed by atoms with Crippen LogP contribution in [0.15, 0.2) is 46.9 Å². The summed E-state index contributed by atoms with van der Waals surface area (Å²) in [6, 6.07) is 14.2. The number of nitrogens with one attached hydrogen (secondary N) is 1. The largest absolute Gasteiger partial charge is 0.492 e. The van der Waals surface area contributed by atoms with Crippen LogP contribution in [0.1, 0.15) is 18.1 Å². The van der Waals surface area contributed by atoms with Crippen molar-refractivity contribution < 1.29 is 4.74 Å². The summed E-state index contributed by atoms with van der Waals surface area (Å²) in [6.07, 6.45) is 0. The zero-order chi connectivity index (χ0) is 15.2. The van der Waals surface area contributed by atoms with Crippen molar-refractivity contribution in [2.24, 2.45) is 0 Å². The Morgan fingerprint density at radius 3 is 2.62 bits per heavy atom. The Kier molecular flexibility index (Phi) is 6.09. The van der Waals surface area contributed by atoms with E-state index in [4.69, 9.17) is 16.3 Å². The predicted octanol–water partition coefficient (Wildman–Crippen LogP) is 4.97. The van der Waals surface area contributed by atoms with Crippen LogP contribution in [0.4, 0.5) is 0 Å². The summed E-state index contributed by atoms with van der Waals surface area (Å²) in [6.45, 7) is 5.50. The monoisotopic (exact) mass is 367 g/mol. The number of halogens is 2. The van der Waals surface area contributed by atoms with Gasteiger partial charge in [-0.3, -0.25) is 0 Å². The first-order valence-electron chi connectivity index (χ1n) is 6.91. The molecule has 0 bridgehead atoms. The number of hydrogen-bond donors (Lipinski definition) is 1. The van der Waals surface area contributed by atoms with Crippen molar-refractivity contribution in [2.75, 3.05) is 6.61 Å². The molecule has 0 aromatic heterocycles. The Morgan fingerprint density at radius 2 is 1.90 bits per heavy atom. The van der Waals surface area contributed by atoms with E-state index in [9.17, 15) is 0 Å². The lowest BCUT2D eigenvalue weighted by Crippen LogP contribution is -2.31. The van der Waals surface area contributed by atoms with Crippen molar-refractivity contribution in [1.82, 2.24) is 5.32 Å². The molecule has 2 aromatic rings. The molecular weight excluding hydrogens is 350 g/mol. The number of benzene rings is 2. The van der Waals surface area contributed by atoms with Crippen LogP contribution in [0.3, 0.4) is 0 Å². The van der Waals surface area contributed by atoms with Gasteiger partial charge in [0.1, 0.15) is 12.4 Å². The Hall–Kier alpha value is -1.03. The van der Waals surface area contributed by atoms with Crippen LogP contribution in [0.5, 0.6) is 5.75 Å². The van der Waals surface area contributed by atoms with Crippen molar-refractivity contribution in [3.63, 3.8) is 0 Å². The molecular formula is C17H19BrClNO. The van der Waals surface area contributed by atoms with Crippen molar-refractivity contribution in [1.29, 1.82) is 0 Å². The minimum atomic E-state index is 0.237. The molecule has 1 N–H and O–H groups in total. The molecule has 0 heterocycles. The van der Waals surface area contributed by atoms with Gasteiger partial charge in [-0.15, -0.1) is 0 Å². The molecule has 21 heavy (non-hydrogen) atoms. The number of rotatable bonds is 6. The van der Waals surface area contributed by atoms with Gasteiger partial charge in [-0.25, -0.2) is 0 Å². The molecule has 4 heteroatoms. The summed E-state index contributed by atoms with van der Waals surface area (Å²) < 4.78 is 6.79. The van der Waals surface area contributed by atoms with Gasteiger partial charge in [-0.05, 0) is 49.7 Å². The normalized spacial score (nSPS) is 12.2. The molecule has 2 nitrogen and oxygen atoms in total. The molecule has 0 fully saturated rings. The van der Waals surface area contributed by atoms with Gasteiger partial charge in [-0.2, -0.15) is 0 Å². The van der Waals surface area contributed by atoms with Crippen LogP contribution < -0.4 is 10.1 Å². The molecule has 0 aliphatic carbocycles. The molecule has 0 spiro atoms. The van der Waals surface area contributed by atoms with Crippen LogP contribution in [0.2, 0.25) is 5.02 Å². The van der Waals surface area contributed by atoms with E-state index >= 15 is 0 Å². The summed E-state index contributed by atoms with van der Waals surface area (Å²) in [5.41, 5.74) is 2.31. The smallest absolute Gasteiger partial charge is 0.119 e. The van der Waals surface area contributed by atoms with E-state index in [2.05, 4.69) is 47.2 Å². The topological polar surface area (TPSA) is 21.3 Å². The van der Waals surface area contributed by atoms with Gasteiger partial charge < -0.3 is 10.1 Å². The molecule has 0 saturated heterocycles. The third-order valence-corrected chi connectivity index (χ3v) is 4.03. The summed E-state index contributed by atoms with van der Waals surface area (Å²) in [7, 11) is 0. The van der Waals surface area contributed by atoms with Crippen LogP contribution in [0.25, 0.3) is 0 Å². The van der Waals surface area contributed by atoms with Gasteiger partial charge in [0.15, 0.2) is 0 Å². The van der Waals surface area contributed by atoms with Crippen molar-refractivity contribution in [2.45, 2.75) is 26.4 Å². The standard InChI is InChI=1S/C17H19BrClNO/c1-12-3-6-16(7-4-12)21-11-13(2)20-10-14-9-15(18)5-8-17(14)19/h3-9,13,20H,10-11H2,1-2H3. The Balaban J connectivity index is 1.80. The molecule has 1 atom stereocenters. The second-order valence-electron chi connectivity index (χ2n) is 5.14. The van der Waals surface area contributed by atoms with Crippen LogP contribution in [0, 0.1) is 6.92 Å². The fraction of sp³-hybridized carbons (Fsp3) is 0.294. The fourth-order valence-corrected chi connectivity index (χ4v) is 2.47. The van der Waals surface area contributed by atoms with Crippen molar-refractivity contribution in [3.8, 4) is 5.75 Å². The second kappa shape index (κ2) is 7.83. The van der Waals surface area contributed by atoms with E-state index in [0.29, 0.717) is 6.61 Å². The van der Waals surface area contributed by atoms with E-state index in [1.807, 2.05) is 30.3 Å². The first kappa shape index (κ1) is 16.3. The highest BCUT2D eigenvalue weighted by atomic mass is 79.9. The lowest BCUT2D eigenvalue weighted by molar-refractivity contribution is 0.272. The Morgan fingerprint density at radius 1 is 1.19 bits per heavy atom. The number of aryl methyl sites for hydroxylation is 1. The first-order chi connectivity index (χ1) is 10.0. The highest BCUT2D eigenvalue weighted by Gasteiger charge is 2.06. The van der Waals surface area contributed by atoms with Crippen LogP contribution in [-0.2, 0) is 6.54 Å². The SMILES string of the molecule is Cc1ccc(OCC(C)NCc2cc(Br)ccc2Cl)cc1. The summed E-state index contributed by atoms with van der Waals surface area (Å²) >= 11 is 9.63.